The van der Waals surface area contributed by atoms with Gasteiger partial charge >= 0.3 is 0 Å². The Labute approximate surface area is 113 Å². The summed E-state index contributed by atoms with van der Waals surface area (Å²) in [6.45, 7) is 8.76. The summed E-state index contributed by atoms with van der Waals surface area (Å²) in [5, 5.41) is 7.81. The molecule has 2 N–H and O–H groups in total. The van der Waals surface area contributed by atoms with Crippen molar-refractivity contribution < 1.29 is 4.79 Å². The molecule has 7 nitrogen and oxygen atoms in total. The van der Waals surface area contributed by atoms with Crippen molar-refractivity contribution in [3.05, 3.63) is 11.9 Å². The van der Waals surface area contributed by atoms with E-state index in [0.717, 1.165) is 26.2 Å². The fourth-order valence-electron chi connectivity index (χ4n) is 2.24. The number of rotatable bonds is 4. The molecule has 0 radical (unpaired) electrons. The van der Waals surface area contributed by atoms with Crippen molar-refractivity contribution >= 4 is 5.91 Å². The molecule has 1 aromatic heterocycles. The Morgan fingerprint density at radius 3 is 2.63 bits per heavy atom. The third-order valence-corrected chi connectivity index (χ3v) is 3.45. The number of hydrogen-bond acceptors (Lipinski definition) is 5. The molecule has 0 unspecified atom stereocenters. The van der Waals surface area contributed by atoms with Gasteiger partial charge in [0.05, 0.1) is 12.7 Å². The zero-order chi connectivity index (χ0) is 13.8. The van der Waals surface area contributed by atoms with Crippen LogP contribution in [-0.4, -0.2) is 69.5 Å². The normalized spacial score (nSPS) is 17.2. The number of amides is 1. The molecule has 0 spiro atoms. The number of carbonyl (C=O) groups is 1. The average Bonchev–Trinajstić information content (AvgIpc) is 2.87. The van der Waals surface area contributed by atoms with Gasteiger partial charge in [0, 0.05) is 38.8 Å². The molecule has 1 amide bonds. The maximum atomic E-state index is 12.3. The Morgan fingerprint density at radius 1 is 1.37 bits per heavy atom. The molecule has 0 aliphatic carbocycles. The van der Waals surface area contributed by atoms with E-state index in [9.17, 15) is 4.79 Å². The van der Waals surface area contributed by atoms with Crippen LogP contribution in [0.4, 0.5) is 0 Å². The summed E-state index contributed by atoms with van der Waals surface area (Å²) in [7, 11) is 0. The number of nitrogens with zero attached hydrogens (tertiary/aromatic N) is 5. The molecule has 1 saturated heterocycles. The Kier molecular flexibility index (Phi) is 4.49. The lowest BCUT2D eigenvalue weighted by Crippen LogP contribution is -2.50. The minimum atomic E-state index is -0.0355. The monoisotopic (exact) mass is 266 g/mol. The van der Waals surface area contributed by atoms with Crippen LogP contribution in [0.5, 0.6) is 0 Å². The van der Waals surface area contributed by atoms with E-state index in [-0.39, 0.29) is 5.91 Å². The average molecular weight is 266 g/mol. The van der Waals surface area contributed by atoms with Gasteiger partial charge in [-0.1, -0.05) is 5.21 Å². The van der Waals surface area contributed by atoms with Crippen molar-refractivity contribution in [3.8, 4) is 0 Å². The molecule has 2 rings (SSSR count). The van der Waals surface area contributed by atoms with Gasteiger partial charge in [-0.05, 0) is 13.8 Å². The lowest BCUT2D eigenvalue weighted by Gasteiger charge is -2.36. The van der Waals surface area contributed by atoms with Gasteiger partial charge in [0.15, 0.2) is 5.69 Å². The van der Waals surface area contributed by atoms with Crippen molar-refractivity contribution in [3.63, 3.8) is 0 Å². The van der Waals surface area contributed by atoms with E-state index < -0.39 is 0 Å². The highest BCUT2D eigenvalue weighted by Crippen LogP contribution is 2.09. The molecule has 0 saturated carbocycles. The van der Waals surface area contributed by atoms with Crippen LogP contribution >= 0.6 is 0 Å². The molecular weight excluding hydrogens is 244 g/mol. The second kappa shape index (κ2) is 6.12. The minimum absolute atomic E-state index is 0.0355. The molecular formula is C12H22N6O. The molecule has 0 atom stereocenters. The van der Waals surface area contributed by atoms with Crippen LogP contribution in [0.2, 0.25) is 0 Å². The van der Waals surface area contributed by atoms with E-state index in [4.69, 9.17) is 5.73 Å². The van der Waals surface area contributed by atoms with Gasteiger partial charge in [-0.25, -0.2) is 0 Å². The van der Waals surface area contributed by atoms with Crippen LogP contribution < -0.4 is 5.73 Å². The predicted octanol–water partition coefficient (Wildman–Crippen LogP) is -0.597. The first-order valence-corrected chi connectivity index (χ1v) is 6.75. The molecule has 106 valence electrons. The van der Waals surface area contributed by atoms with Crippen molar-refractivity contribution in [2.45, 2.75) is 26.4 Å². The number of aromatic nitrogens is 3. The lowest BCUT2D eigenvalue weighted by atomic mass is 10.2. The summed E-state index contributed by atoms with van der Waals surface area (Å²) in [5.41, 5.74) is 5.85. The first-order valence-electron chi connectivity index (χ1n) is 6.75. The second-order valence-electron chi connectivity index (χ2n) is 5.08. The van der Waals surface area contributed by atoms with Crippen LogP contribution in [0.3, 0.4) is 0 Å². The SMILES string of the molecule is CC(C)N1CCN(C(=O)c2cn(CCN)nn2)CC1. The third-order valence-electron chi connectivity index (χ3n) is 3.45. The Morgan fingerprint density at radius 2 is 2.05 bits per heavy atom. The van der Waals surface area contributed by atoms with Gasteiger partial charge in [0.1, 0.15) is 0 Å². The predicted molar refractivity (Wildman–Crippen MR) is 71.7 cm³/mol. The van der Waals surface area contributed by atoms with Crippen LogP contribution in [0.15, 0.2) is 6.20 Å². The molecule has 2 heterocycles. The fourth-order valence-corrected chi connectivity index (χ4v) is 2.24. The van der Waals surface area contributed by atoms with Crippen LogP contribution in [0, 0.1) is 0 Å². The van der Waals surface area contributed by atoms with Gasteiger partial charge in [0.2, 0.25) is 0 Å². The Hall–Kier alpha value is -1.47. The summed E-state index contributed by atoms with van der Waals surface area (Å²) >= 11 is 0. The van der Waals surface area contributed by atoms with Gasteiger partial charge in [-0.3, -0.25) is 14.4 Å². The molecule has 1 aromatic rings. The highest BCUT2D eigenvalue weighted by molar-refractivity contribution is 5.92. The summed E-state index contributed by atoms with van der Waals surface area (Å²) in [4.78, 5) is 16.5. The highest BCUT2D eigenvalue weighted by Gasteiger charge is 2.24. The van der Waals surface area contributed by atoms with E-state index in [2.05, 4.69) is 29.1 Å². The zero-order valence-corrected chi connectivity index (χ0v) is 11.6. The van der Waals surface area contributed by atoms with E-state index in [1.165, 1.54) is 0 Å². The number of nitrogens with two attached hydrogens (primary N) is 1. The minimum Gasteiger partial charge on any atom is -0.335 e. The van der Waals surface area contributed by atoms with Crippen LogP contribution in [-0.2, 0) is 6.54 Å². The quantitative estimate of drug-likeness (QED) is 0.787. The standard InChI is InChI=1S/C12H22N6O/c1-10(2)16-5-7-17(8-6-16)12(19)11-9-18(4-3-13)15-14-11/h9-10H,3-8,13H2,1-2H3. The summed E-state index contributed by atoms with van der Waals surface area (Å²) in [5.74, 6) is -0.0355. The van der Waals surface area contributed by atoms with Gasteiger partial charge in [0.25, 0.3) is 5.91 Å². The van der Waals surface area contributed by atoms with E-state index in [0.29, 0.717) is 24.8 Å². The van der Waals surface area contributed by atoms with E-state index >= 15 is 0 Å². The van der Waals surface area contributed by atoms with Crippen molar-refractivity contribution in [2.75, 3.05) is 32.7 Å². The number of hydrogen-bond donors (Lipinski definition) is 1. The molecule has 7 heteroatoms. The van der Waals surface area contributed by atoms with E-state index in [1.807, 2.05) is 4.90 Å². The van der Waals surface area contributed by atoms with Gasteiger partial charge < -0.3 is 10.6 Å². The molecule has 1 fully saturated rings. The smallest absolute Gasteiger partial charge is 0.276 e. The topological polar surface area (TPSA) is 80.3 Å². The maximum absolute atomic E-state index is 12.3. The van der Waals surface area contributed by atoms with Gasteiger partial charge in [-0.15, -0.1) is 5.10 Å². The molecule has 0 bridgehead atoms. The zero-order valence-electron chi connectivity index (χ0n) is 11.6. The first kappa shape index (κ1) is 14.0. The highest BCUT2D eigenvalue weighted by atomic mass is 16.2. The fraction of sp³-hybridized carbons (Fsp3) is 0.750. The lowest BCUT2D eigenvalue weighted by molar-refractivity contribution is 0.0590. The van der Waals surface area contributed by atoms with Crippen molar-refractivity contribution in [1.82, 2.24) is 24.8 Å². The number of piperazine rings is 1. The molecule has 1 aliphatic rings. The van der Waals surface area contributed by atoms with Gasteiger partial charge in [-0.2, -0.15) is 0 Å². The Balaban J connectivity index is 1.93. The molecule has 1 aliphatic heterocycles. The second-order valence-corrected chi connectivity index (χ2v) is 5.08. The maximum Gasteiger partial charge on any atom is 0.276 e. The first-order chi connectivity index (χ1) is 9.11. The van der Waals surface area contributed by atoms with Crippen LogP contribution in [0.25, 0.3) is 0 Å². The summed E-state index contributed by atoms with van der Waals surface area (Å²) in [6, 6.07) is 0.530. The molecule has 0 aromatic carbocycles. The van der Waals surface area contributed by atoms with Crippen molar-refractivity contribution in [2.24, 2.45) is 5.73 Å². The number of carbonyl (C=O) groups excluding carboxylic acids is 1. The van der Waals surface area contributed by atoms with Crippen molar-refractivity contribution in [1.29, 1.82) is 0 Å². The Bertz CT molecular complexity index is 422. The largest absolute Gasteiger partial charge is 0.335 e. The third kappa shape index (κ3) is 3.30. The summed E-state index contributed by atoms with van der Waals surface area (Å²) in [6.07, 6.45) is 1.67. The summed E-state index contributed by atoms with van der Waals surface area (Å²) < 4.78 is 1.61. The molecule has 19 heavy (non-hydrogen) atoms. The van der Waals surface area contributed by atoms with E-state index in [1.54, 1.807) is 10.9 Å². The van der Waals surface area contributed by atoms with Crippen LogP contribution in [0.1, 0.15) is 24.3 Å².